The average molecular weight is 286 g/mol. The summed E-state index contributed by atoms with van der Waals surface area (Å²) in [6.07, 6.45) is 11.2. The second-order valence-electron chi connectivity index (χ2n) is 5.77. The summed E-state index contributed by atoms with van der Waals surface area (Å²) in [6.45, 7) is 1.98. The molecule has 2 heterocycles. The van der Waals surface area contributed by atoms with E-state index in [4.69, 9.17) is 4.42 Å². The van der Waals surface area contributed by atoms with Crippen LogP contribution in [-0.2, 0) is 6.54 Å². The maximum atomic E-state index is 5.39. The number of hydrogen-bond acceptors (Lipinski definition) is 4. The van der Waals surface area contributed by atoms with Crippen molar-refractivity contribution in [1.82, 2.24) is 10.3 Å². The van der Waals surface area contributed by atoms with Gasteiger partial charge in [0.25, 0.3) is 0 Å². The monoisotopic (exact) mass is 286 g/mol. The molecule has 0 spiro atoms. The Balaban J connectivity index is 1.31. The van der Waals surface area contributed by atoms with Gasteiger partial charge in [0.05, 0.1) is 11.1 Å². The Bertz CT molecular complexity index is 602. The molecule has 0 aromatic carbocycles. The summed E-state index contributed by atoms with van der Waals surface area (Å²) in [5.74, 6) is 3.42. The zero-order valence-corrected chi connectivity index (χ0v) is 12.1. The lowest BCUT2D eigenvalue weighted by atomic mass is 9.94. The Kier molecular flexibility index (Phi) is 3.20. The summed E-state index contributed by atoms with van der Waals surface area (Å²) in [4.78, 5) is 5.57. The van der Waals surface area contributed by atoms with Crippen LogP contribution in [0, 0.1) is 17.8 Å². The van der Waals surface area contributed by atoms with Gasteiger partial charge in [0, 0.05) is 12.7 Å². The fourth-order valence-corrected chi connectivity index (χ4v) is 4.27. The minimum absolute atomic E-state index is 0.822. The molecule has 3 nitrogen and oxygen atoms in total. The lowest BCUT2D eigenvalue weighted by Gasteiger charge is -2.17. The molecule has 2 aliphatic rings. The molecule has 1 saturated carbocycles. The molecule has 20 heavy (non-hydrogen) atoms. The van der Waals surface area contributed by atoms with Crippen molar-refractivity contribution in [2.45, 2.75) is 19.4 Å². The fraction of sp³-hybridized carbons (Fsp3) is 0.438. The third-order valence-corrected chi connectivity index (χ3v) is 5.43. The summed E-state index contributed by atoms with van der Waals surface area (Å²) in [6, 6.07) is 3.89. The number of thiazole rings is 1. The van der Waals surface area contributed by atoms with Gasteiger partial charge in [0.15, 0.2) is 0 Å². The zero-order chi connectivity index (χ0) is 13.4. The highest BCUT2D eigenvalue weighted by Gasteiger charge is 2.34. The predicted molar refractivity (Wildman–Crippen MR) is 80.4 cm³/mol. The first-order valence-electron chi connectivity index (χ1n) is 7.26. The molecular formula is C16H18N2OS. The van der Waals surface area contributed by atoms with Crippen LogP contribution < -0.4 is 5.32 Å². The van der Waals surface area contributed by atoms with Crippen molar-refractivity contribution in [1.29, 1.82) is 0 Å². The second-order valence-corrected chi connectivity index (χ2v) is 6.88. The Morgan fingerprint density at radius 3 is 3.10 bits per heavy atom. The highest BCUT2D eigenvalue weighted by Crippen LogP contribution is 2.43. The van der Waals surface area contributed by atoms with Gasteiger partial charge in [0.2, 0.25) is 0 Å². The molecule has 0 radical (unpaired) electrons. The minimum atomic E-state index is 0.822. The molecule has 2 aliphatic carbocycles. The van der Waals surface area contributed by atoms with Gasteiger partial charge in [-0.15, -0.1) is 11.3 Å². The summed E-state index contributed by atoms with van der Waals surface area (Å²) in [5.41, 5.74) is 0. The Morgan fingerprint density at radius 1 is 1.35 bits per heavy atom. The van der Waals surface area contributed by atoms with E-state index in [0.29, 0.717) is 0 Å². The predicted octanol–water partition coefficient (Wildman–Crippen LogP) is 3.70. The smallest absolute Gasteiger partial charge is 0.145 e. The van der Waals surface area contributed by atoms with Crippen molar-refractivity contribution >= 4 is 11.3 Å². The van der Waals surface area contributed by atoms with E-state index in [1.807, 2.05) is 18.3 Å². The molecule has 4 heteroatoms. The number of allylic oxidation sites excluding steroid dienone is 2. The molecule has 104 valence electrons. The number of nitrogens with one attached hydrogen (secondary N) is 1. The molecule has 0 saturated heterocycles. The standard InChI is InChI=1S/C16H18N2OS/c1-2-14(19-5-1)15-9-18-16(20-15)10-17-8-13-7-11-3-4-12(13)6-11/h1-5,9,11-13,17H,6-8,10H2. The van der Waals surface area contributed by atoms with Gasteiger partial charge in [0.1, 0.15) is 10.8 Å². The first-order valence-corrected chi connectivity index (χ1v) is 8.08. The van der Waals surface area contributed by atoms with Crippen molar-refractivity contribution in [2.24, 2.45) is 17.8 Å². The van der Waals surface area contributed by atoms with Gasteiger partial charge < -0.3 is 9.73 Å². The topological polar surface area (TPSA) is 38.1 Å². The van der Waals surface area contributed by atoms with E-state index in [0.717, 1.165) is 46.5 Å². The van der Waals surface area contributed by atoms with Crippen LogP contribution >= 0.6 is 11.3 Å². The van der Waals surface area contributed by atoms with Crippen molar-refractivity contribution < 1.29 is 4.42 Å². The maximum absolute atomic E-state index is 5.39. The van der Waals surface area contributed by atoms with Gasteiger partial charge in [-0.1, -0.05) is 12.2 Å². The SMILES string of the molecule is C1=CC2CC1CC2CNCc1ncc(-c2ccco2)s1. The van der Waals surface area contributed by atoms with Crippen molar-refractivity contribution in [3.05, 3.63) is 41.8 Å². The average Bonchev–Trinajstić information content (AvgIpc) is 3.23. The molecule has 2 aromatic heterocycles. The largest absolute Gasteiger partial charge is 0.463 e. The van der Waals surface area contributed by atoms with Gasteiger partial charge in [-0.3, -0.25) is 0 Å². The summed E-state index contributed by atoms with van der Waals surface area (Å²) < 4.78 is 5.39. The molecule has 1 fully saturated rings. The lowest BCUT2D eigenvalue weighted by molar-refractivity contribution is 0.414. The number of aromatic nitrogens is 1. The Labute approximate surface area is 122 Å². The number of hydrogen-bond donors (Lipinski definition) is 1. The lowest BCUT2D eigenvalue weighted by Crippen LogP contribution is -2.24. The zero-order valence-electron chi connectivity index (χ0n) is 11.3. The number of furan rings is 1. The quantitative estimate of drug-likeness (QED) is 0.852. The molecule has 0 amide bonds. The van der Waals surface area contributed by atoms with E-state index in [1.54, 1.807) is 17.6 Å². The normalized spacial score (nSPS) is 27.5. The Morgan fingerprint density at radius 2 is 2.35 bits per heavy atom. The fourth-order valence-electron chi connectivity index (χ4n) is 3.42. The number of fused-ring (bicyclic) bond motifs is 2. The van der Waals surface area contributed by atoms with Crippen LogP contribution in [0.1, 0.15) is 17.8 Å². The van der Waals surface area contributed by atoms with Gasteiger partial charge in [-0.05, 0) is 49.3 Å². The van der Waals surface area contributed by atoms with Crippen molar-refractivity contribution in [3.8, 4) is 10.6 Å². The van der Waals surface area contributed by atoms with Crippen LogP contribution in [0.4, 0.5) is 0 Å². The van der Waals surface area contributed by atoms with Crippen LogP contribution in [0.3, 0.4) is 0 Å². The van der Waals surface area contributed by atoms with E-state index >= 15 is 0 Å². The van der Waals surface area contributed by atoms with Crippen molar-refractivity contribution in [2.75, 3.05) is 6.54 Å². The molecule has 3 unspecified atom stereocenters. The van der Waals surface area contributed by atoms with Crippen LogP contribution in [0.2, 0.25) is 0 Å². The molecular weight excluding hydrogens is 268 g/mol. The van der Waals surface area contributed by atoms with E-state index in [-0.39, 0.29) is 0 Å². The van der Waals surface area contributed by atoms with E-state index in [9.17, 15) is 0 Å². The summed E-state index contributed by atoms with van der Waals surface area (Å²) >= 11 is 1.71. The minimum Gasteiger partial charge on any atom is -0.463 e. The van der Waals surface area contributed by atoms with Gasteiger partial charge in [-0.2, -0.15) is 0 Å². The van der Waals surface area contributed by atoms with Gasteiger partial charge in [-0.25, -0.2) is 4.98 Å². The highest BCUT2D eigenvalue weighted by atomic mass is 32.1. The third-order valence-electron chi connectivity index (χ3n) is 4.42. The molecule has 2 aromatic rings. The summed E-state index contributed by atoms with van der Waals surface area (Å²) in [5, 5.41) is 4.70. The number of rotatable bonds is 5. The summed E-state index contributed by atoms with van der Waals surface area (Å²) in [7, 11) is 0. The molecule has 0 aliphatic heterocycles. The first-order chi connectivity index (χ1) is 9.88. The van der Waals surface area contributed by atoms with E-state index in [1.165, 1.54) is 12.8 Å². The van der Waals surface area contributed by atoms with Crippen molar-refractivity contribution in [3.63, 3.8) is 0 Å². The van der Waals surface area contributed by atoms with E-state index < -0.39 is 0 Å². The van der Waals surface area contributed by atoms with Crippen LogP contribution in [0.15, 0.2) is 41.2 Å². The maximum Gasteiger partial charge on any atom is 0.145 e. The second kappa shape index (κ2) is 5.19. The molecule has 2 bridgehead atoms. The van der Waals surface area contributed by atoms with E-state index in [2.05, 4.69) is 22.5 Å². The third kappa shape index (κ3) is 2.34. The Hall–Kier alpha value is -1.39. The first kappa shape index (κ1) is 12.4. The molecule has 1 N–H and O–H groups in total. The van der Waals surface area contributed by atoms with Gasteiger partial charge >= 0.3 is 0 Å². The molecule has 4 rings (SSSR count). The van der Waals surface area contributed by atoms with Crippen LogP contribution in [0.25, 0.3) is 10.6 Å². The molecule has 3 atom stereocenters. The van der Waals surface area contributed by atoms with Crippen LogP contribution in [0.5, 0.6) is 0 Å². The highest BCUT2D eigenvalue weighted by molar-refractivity contribution is 7.15. The number of nitrogens with zero attached hydrogens (tertiary/aromatic N) is 1. The van der Waals surface area contributed by atoms with Crippen LogP contribution in [-0.4, -0.2) is 11.5 Å².